The van der Waals surface area contributed by atoms with Gasteiger partial charge in [-0.05, 0) is 50.9 Å². The molecule has 76 valence electrons. The number of hydrogen-bond acceptors (Lipinski definition) is 1. The number of halogens is 1. The summed E-state index contributed by atoms with van der Waals surface area (Å²) in [5.74, 6) is 1.72. The molecule has 1 spiro atoms. The molecule has 1 nitrogen and oxygen atoms in total. The van der Waals surface area contributed by atoms with Crippen molar-refractivity contribution >= 4 is 11.6 Å². The Morgan fingerprint density at radius 2 is 2.23 bits per heavy atom. The first kappa shape index (κ1) is 9.79. The van der Waals surface area contributed by atoms with Crippen molar-refractivity contribution in [2.45, 2.75) is 50.5 Å². The molecule has 0 aromatic heterocycles. The number of ether oxygens (including phenoxy) is 1. The average Bonchev–Trinajstić information content (AvgIpc) is 2.13. The maximum atomic E-state index is 5.88. The van der Waals surface area contributed by atoms with Gasteiger partial charge in [0, 0.05) is 12.5 Å². The minimum Gasteiger partial charge on any atom is -0.375 e. The summed E-state index contributed by atoms with van der Waals surface area (Å²) >= 11 is 5.71. The molecular weight excluding hydrogens is 184 g/mol. The summed E-state index contributed by atoms with van der Waals surface area (Å²) in [5.41, 5.74) is 0.329. The lowest BCUT2D eigenvalue weighted by atomic mass is 9.71. The van der Waals surface area contributed by atoms with Gasteiger partial charge in [-0.25, -0.2) is 0 Å². The minimum absolute atomic E-state index is 0.329. The molecule has 0 bridgehead atoms. The van der Waals surface area contributed by atoms with Crippen LogP contribution in [0.15, 0.2) is 0 Å². The second kappa shape index (κ2) is 4.18. The van der Waals surface area contributed by atoms with E-state index in [9.17, 15) is 0 Å². The van der Waals surface area contributed by atoms with Gasteiger partial charge >= 0.3 is 0 Å². The Morgan fingerprint density at radius 3 is 2.85 bits per heavy atom. The predicted molar refractivity (Wildman–Crippen MR) is 55.2 cm³/mol. The summed E-state index contributed by atoms with van der Waals surface area (Å²) < 4.78 is 5.88. The maximum Gasteiger partial charge on any atom is 0.0685 e. The third kappa shape index (κ3) is 2.19. The number of hydrogen-bond donors (Lipinski definition) is 0. The summed E-state index contributed by atoms with van der Waals surface area (Å²) in [4.78, 5) is 0. The zero-order valence-corrected chi connectivity index (χ0v) is 8.98. The second-order valence-corrected chi connectivity index (χ2v) is 4.95. The molecule has 0 amide bonds. The Hall–Kier alpha value is 0.250. The Morgan fingerprint density at radius 1 is 1.38 bits per heavy atom. The molecule has 0 N–H and O–H groups in total. The van der Waals surface area contributed by atoms with Crippen LogP contribution in [0.4, 0.5) is 0 Å². The highest BCUT2D eigenvalue weighted by atomic mass is 35.5. The summed E-state index contributed by atoms with van der Waals surface area (Å²) in [6, 6.07) is 0. The van der Waals surface area contributed by atoms with Gasteiger partial charge in [-0.1, -0.05) is 0 Å². The normalized spacial score (nSPS) is 31.6. The van der Waals surface area contributed by atoms with Gasteiger partial charge in [0.25, 0.3) is 0 Å². The lowest BCUT2D eigenvalue weighted by Gasteiger charge is -2.47. The first-order valence-electron chi connectivity index (χ1n) is 5.55. The van der Waals surface area contributed by atoms with E-state index >= 15 is 0 Å². The molecule has 0 aromatic carbocycles. The quantitative estimate of drug-likeness (QED) is 0.638. The Labute approximate surface area is 85.8 Å². The molecule has 1 unspecified atom stereocenters. The van der Waals surface area contributed by atoms with Crippen LogP contribution in [0.2, 0.25) is 0 Å². The van der Waals surface area contributed by atoms with Crippen LogP contribution in [0, 0.1) is 5.92 Å². The van der Waals surface area contributed by atoms with Crippen molar-refractivity contribution in [3.05, 3.63) is 0 Å². The molecule has 2 heteroatoms. The summed E-state index contributed by atoms with van der Waals surface area (Å²) in [6.45, 7) is 0.993. The van der Waals surface area contributed by atoms with Crippen LogP contribution in [0.5, 0.6) is 0 Å². The van der Waals surface area contributed by atoms with Crippen LogP contribution >= 0.6 is 11.6 Å². The maximum absolute atomic E-state index is 5.88. The summed E-state index contributed by atoms with van der Waals surface area (Å²) in [5, 5.41) is 0. The second-order valence-electron chi connectivity index (χ2n) is 4.58. The first-order chi connectivity index (χ1) is 6.35. The molecule has 1 saturated heterocycles. The van der Waals surface area contributed by atoms with Crippen molar-refractivity contribution in [2.24, 2.45) is 5.92 Å². The molecule has 0 aromatic rings. The molecule has 1 aliphatic heterocycles. The minimum atomic E-state index is 0.329. The van der Waals surface area contributed by atoms with Crippen molar-refractivity contribution in [3.63, 3.8) is 0 Å². The number of alkyl halides is 1. The predicted octanol–water partition coefficient (Wildman–Crippen LogP) is 3.35. The van der Waals surface area contributed by atoms with E-state index in [-0.39, 0.29) is 0 Å². The monoisotopic (exact) mass is 202 g/mol. The lowest BCUT2D eigenvalue weighted by molar-refractivity contribution is -0.144. The van der Waals surface area contributed by atoms with E-state index in [0.29, 0.717) is 5.60 Å². The zero-order chi connectivity index (χ0) is 9.15. The van der Waals surface area contributed by atoms with Crippen LogP contribution in [-0.4, -0.2) is 18.1 Å². The van der Waals surface area contributed by atoms with Gasteiger partial charge in [-0.2, -0.15) is 0 Å². The van der Waals surface area contributed by atoms with Gasteiger partial charge in [0.15, 0.2) is 0 Å². The Bertz CT molecular complexity index is 165. The molecule has 1 atom stereocenters. The summed E-state index contributed by atoms with van der Waals surface area (Å²) in [6.07, 6.45) is 9.07. The Balaban J connectivity index is 1.78. The van der Waals surface area contributed by atoms with Crippen molar-refractivity contribution in [1.29, 1.82) is 0 Å². The lowest BCUT2D eigenvalue weighted by Crippen LogP contribution is -2.45. The van der Waals surface area contributed by atoms with E-state index in [4.69, 9.17) is 16.3 Å². The van der Waals surface area contributed by atoms with E-state index in [1.165, 1.54) is 44.9 Å². The zero-order valence-electron chi connectivity index (χ0n) is 8.23. The van der Waals surface area contributed by atoms with Crippen LogP contribution in [-0.2, 0) is 4.74 Å². The van der Waals surface area contributed by atoms with Crippen LogP contribution < -0.4 is 0 Å². The molecule has 2 aliphatic rings. The smallest absolute Gasteiger partial charge is 0.0685 e. The van der Waals surface area contributed by atoms with Crippen LogP contribution in [0.3, 0.4) is 0 Å². The van der Waals surface area contributed by atoms with Crippen molar-refractivity contribution in [2.75, 3.05) is 12.5 Å². The van der Waals surface area contributed by atoms with Gasteiger partial charge < -0.3 is 4.74 Å². The first-order valence-corrected chi connectivity index (χ1v) is 6.08. The van der Waals surface area contributed by atoms with Crippen molar-refractivity contribution in [3.8, 4) is 0 Å². The molecule has 2 rings (SSSR count). The van der Waals surface area contributed by atoms with Gasteiger partial charge in [-0.15, -0.1) is 11.6 Å². The van der Waals surface area contributed by atoms with E-state index in [0.717, 1.165) is 18.4 Å². The fraction of sp³-hybridized carbons (Fsp3) is 1.00. The molecule has 13 heavy (non-hydrogen) atoms. The molecule has 1 aliphatic carbocycles. The topological polar surface area (TPSA) is 9.23 Å². The standard InChI is InChI=1S/C11H19ClO/c12-7-1-3-10-4-8-13-11(9-10)5-2-6-11/h10H,1-9H2. The van der Waals surface area contributed by atoms with Gasteiger partial charge in [0.05, 0.1) is 5.60 Å². The van der Waals surface area contributed by atoms with E-state index in [1.54, 1.807) is 0 Å². The highest BCUT2D eigenvalue weighted by Gasteiger charge is 2.42. The molecule has 1 heterocycles. The van der Waals surface area contributed by atoms with Gasteiger partial charge in [0.1, 0.15) is 0 Å². The highest BCUT2D eigenvalue weighted by molar-refractivity contribution is 6.17. The fourth-order valence-corrected chi connectivity index (χ4v) is 2.82. The molecule has 1 saturated carbocycles. The van der Waals surface area contributed by atoms with Gasteiger partial charge in [0.2, 0.25) is 0 Å². The molecule has 0 radical (unpaired) electrons. The van der Waals surface area contributed by atoms with Crippen molar-refractivity contribution in [1.82, 2.24) is 0 Å². The summed E-state index contributed by atoms with van der Waals surface area (Å²) in [7, 11) is 0. The third-order valence-electron chi connectivity index (χ3n) is 3.61. The number of rotatable bonds is 3. The largest absolute Gasteiger partial charge is 0.375 e. The van der Waals surface area contributed by atoms with Gasteiger partial charge in [-0.3, -0.25) is 0 Å². The van der Waals surface area contributed by atoms with E-state index < -0.39 is 0 Å². The Kier molecular flexibility index (Phi) is 3.15. The average molecular weight is 203 g/mol. The van der Waals surface area contributed by atoms with Crippen LogP contribution in [0.1, 0.15) is 44.9 Å². The van der Waals surface area contributed by atoms with E-state index in [1.807, 2.05) is 0 Å². The third-order valence-corrected chi connectivity index (χ3v) is 3.87. The SMILES string of the molecule is ClCCCC1CCOC2(CCC2)C1. The van der Waals surface area contributed by atoms with Crippen LogP contribution in [0.25, 0.3) is 0 Å². The fourth-order valence-electron chi connectivity index (χ4n) is 2.66. The highest BCUT2D eigenvalue weighted by Crippen LogP contribution is 2.45. The molecular formula is C11H19ClO. The van der Waals surface area contributed by atoms with Crippen molar-refractivity contribution < 1.29 is 4.74 Å². The molecule has 2 fully saturated rings. The van der Waals surface area contributed by atoms with E-state index in [2.05, 4.69) is 0 Å².